The molecular weight excluding hydrogens is 302 g/mol. The van der Waals surface area contributed by atoms with Gasteiger partial charge in [0.15, 0.2) is 0 Å². The van der Waals surface area contributed by atoms with E-state index in [1.807, 2.05) is 44.2 Å². The smallest absolute Gasteiger partial charge is 0.319 e. The summed E-state index contributed by atoms with van der Waals surface area (Å²) >= 11 is 0. The minimum Gasteiger partial charge on any atom is -0.341 e. The molecule has 6 nitrogen and oxygen atoms in total. The third-order valence-electron chi connectivity index (χ3n) is 4.02. The molecule has 0 spiro atoms. The first-order chi connectivity index (χ1) is 11.6. The molecule has 6 heteroatoms. The van der Waals surface area contributed by atoms with Gasteiger partial charge in [-0.05, 0) is 44.9 Å². The summed E-state index contributed by atoms with van der Waals surface area (Å²) in [6.45, 7) is 6.35. The largest absolute Gasteiger partial charge is 0.341 e. The van der Waals surface area contributed by atoms with Gasteiger partial charge in [-0.3, -0.25) is 0 Å². The number of hydrogen-bond acceptors (Lipinski definition) is 4. The third kappa shape index (κ3) is 4.22. The molecule has 2 heterocycles. The van der Waals surface area contributed by atoms with Crippen LogP contribution in [0.1, 0.15) is 29.8 Å². The summed E-state index contributed by atoms with van der Waals surface area (Å²) in [6.07, 6.45) is 2.37. The standard InChI is InChI=1S/C18H23N5O/c1-13-5-7-15(8-6-13)22-18(24)19-12-16-11-14(2)20-17(21-16)23-9-3-4-10-23/h5-8,11H,3-4,9-10,12H2,1-2H3,(H2,19,22,24). The van der Waals surface area contributed by atoms with E-state index in [0.29, 0.717) is 6.54 Å². The van der Waals surface area contributed by atoms with Crippen molar-refractivity contribution in [2.75, 3.05) is 23.3 Å². The molecule has 0 unspecified atom stereocenters. The van der Waals surface area contributed by atoms with Crippen molar-refractivity contribution in [2.24, 2.45) is 0 Å². The zero-order valence-corrected chi connectivity index (χ0v) is 14.2. The average Bonchev–Trinajstić information content (AvgIpc) is 3.09. The van der Waals surface area contributed by atoms with Crippen molar-refractivity contribution < 1.29 is 4.79 Å². The summed E-state index contributed by atoms with van der Waals surface area (Å²) in [5.74, 6) is 0.767. The number of amides is 2. The molecule has 0 radical (unpaired) electrons. The van der Waals surface area contributed by atoms with Crippen LogP contribution in [0.4, 0.5) is 16.4 Å². The van der Waals surface area contributed by atoms with E-state index in [-0.39, 0.29) is 6.03 Å². The Labute approximate surface area is 142 Å². The zero-order valence-electron chi connectivity index (χ0n) is 14.2. The van der Waals surface area contributed by atoms with Crippen LogP contribution in [0.25, 0.3) is 0 Å². The van der Waals surface area contributed by atoms with E-state index in [4.69, 9.17) is 0 Å². The molecule has 1 fully saturated rings. The molecule has 0 saturated carbocycles. The van der Waals surface area contributed by atoms with Crippen LogP contribution in [0.2, 0.25) is 0 Å². The minimum absolute atomic E-state index is 0.238. The second-order valence-corrected chi connectivity index (χ2v) is 6.17. The SMILES string of the molecule is Cc1ccc(NC(=O)NCc2cc(C)nc(N3CCCC3)n2)cc1. The van der Waals surface area contributed by atoms with Crippen LogP contribution in [-0.4, -0.2) is 29.1 Å². The lowest BCUT2D eigenvalue weighted by atomic mass is 10.2. The highest BCUT2D eigenvalue weighted by Gasteiger charge is 2.16. The van der Waals surface area contributed by atoms with E-state index in [0.717, 1.165) is 41.7 Å². The number of aryl methyl sites for hydroxylation is 2. The highest BCUT2D eigenvalue weighted by Crippen LogP contribution is 2.16. The van der Waals surface area contributed by atoms with Crippen LogP contribution in [0.3, 0.4) is 0 Å². The molecule has 3 rings (SSSR count). The molecule has 1 aromatic heterocycles. The fourth-order valence-electron chi connectivity index (χ4n) is 2.75. The van der Waals surface area contributed by atoms with Crippen LogP contribution >= 0.6 is 0 Å². The van der Waals surface area contributed by atoms with Crippen molar-refractivity contribution in [3.8, 4) is 0 Å². The summed E-state index contributed by atoms with van der Waals surface area (Å²) in [4.78, 5) is 23.3. The van der Waals surface area contributed by atoms with E-state index < -0.39 is 0 Å². The van der Waals surface area contributed by atoms with Gasteiger partial charge in [-0.25, -0.2) is 14.8 Å². The topological polar surface area (TPSA) is 70.2 Å². The van der Waals surface area contributed by atoms with Gasteiger partial charge in [0.05, 0.1) is 12.2 Å². The van der Waals surface area contributed by atoms with Crippen molar-refractivity contribution in [3.05, 3.63) is 47.3 Å². The zero-order chi connectivity index (χ0) is 16.9. The van der Waals surface area contributed by atoms with Gasteiger partial charge in [-0.2, -0.15) is 0 Å². The molecule has 1 aliphatic rings. The highest BCUT2D eigenvalue weighted by atomic mass is 16.2. The van der Waals surface area contributed by atoms with Crippen molar-refractivity contribution in [3.63, 3.8) is 0 Å². The van der Waals surface area contributed by atoms with Gasteiger partial charge in [-0.15, -0.1) is 0 Å². The Morgan fingerprint density at radius 3 is 2.54 bits per heavy atom. The van der Waals surface area contributed by atoms with Crippen LogP contribution < -0.4 is 15.5 Å². The lowest BCUT2D eigenvalue weighted by Crippen LogP contribution is -2.29. The predicted molar refractivity (Wildman–Crippen MR) is 95.3 cm³/mol. The molecule has 1 aromatic carbocycles. The molecular formula is C18H23N5O. The first-order valence-corrected chi connectivity index (χ1v) is 8.31. The monoisotopic (exact) mass is 325 g/mol. The summed E-state index contributed by atoms with van der Waals surface area (Å²) in [7, 11) is 0. The number of anilines is 2. The normalized spacial score (nSPS) is 13.8. The Hall–Kier alpha value is -2.63. The number of urea groups is 1. The van der Waals surface area contributed by atoms with Gasteiger partial charge in [0.25, 0.3) is 0 Å². The maximum absolute atomic E-state index is 12.0. The number of hydrogen-bond donors (Lipinski definition) is 2. The first kappa shape index (κ1) is 16.2. The maximum atomic E-state index is 12.0. The van der Waals surface area contributed by atoms with E-state index in [1.54, 1.807) is 0 Å². The van der Waals surface area contributed by atoms with Gasteiger partial charge < -0.3 is 15.5 Å². The fraction of sp³-hybridized carbons (Fsp3) is 0.389. The van der Waals surface area contributed by atoms with Gasteiger partial charge >= 0.3 is 6.03 Å². The molecule has 0 aliphatic carbocycles. The highest BCUT2D eigenvalue weighted by molar-refractivity contribution is 5.89. The van der Waals surface area contributed by atoms with Crippen LogP contribution in [0.5, 0.6) is 0 Å². The third-order valence-corrected chi connectivity index (χ3v) is 4.02. The van der Waals surface area contributed by atoms with Gasteiger partial charge in [0.1, 0.15) is 0 Å². The average molecular weight is 325 g/mol. The number of rotatable bonds is 4. The lowest BCUT2D eigenvalue weighted by Gasteiger charge is -2.16. The second kappa shape index (κ2) is 7.29. The van der Waals surface area contributed by atoms with Crippen LogP contribution in [0, 0.1) is 13.8 Å². The molecule has 2 N–H and O–H groups in total. The molecule has 2 amide bonds. The predicted octanol–water partition coefficient (Wildman–Crippen LogP) is 3.02. The molecule has 126 valence electrons. The summed E-state index contributed by atoms with van der Waals surface area (Å²) < 4.78 is 0. The van der Waals surface area contributed by atoms with E-state index in [9.17, 15) is 4.79 Å². The van der Waals surface area contributed by atoms with E-state index in [1.165, 1.54) is 12.8 Å². The first-order valence-electron chi connectivity index (χ1n) is 8.31. The van der Waals surface area contributed by atoms with Crippen molar-refractivity contribution in [1.29, 1.82) is 0 Å². The Morgan fingerprint density at radius 1 is 1.12 bits per heavy atom. The Kier molecular flexibility index (Phi) is 4.93. The fourth-order valence-corrected chi connectivity index (χ4v) is 2.75. The Balaban J connectivity index is 1.59. The number of aromatic nitrogens is 2. The molecule has 1 aliphatic heterocycles. The number of benzene rings is 1. The maximum Gasteiger partial charge on any atom is 0.319 e. The van der Waals surface area contributed by atoms with Crippen molar-refractivity contribution in [2.45, 2.75) is 33.2 Å². The molecule has 0 atom stereocenters. The number of carbonyl (C=O) groups excluding carboxylic acids is 1. The van der Waals surface area contributed by atoms with Crippen molar-refractivity contribution in [1.82, 2.24) is 15.3 Å². The molecule has 1 saturated heterocycles. The Bertz CT molecular complexity index is 708. The number of nitrogens with zero attached hydrogens (tertiary/aromatic N) is 3. The summed E-state index contributed by atoms with van der Waals surface area (Å²) in [5.41, 5.74) is 3.67. The quantitative estimate of drug-likeness (QED) is 0.906. The van der Waals surface area contributed by atoms with E-state index >= 15 is 0 Å². The summed E-state index contributed by atoms with van der Waals surface area (Å²) in [5, 5.41) is 5.67. The van der Waals surface area contributed by atoms with Crippen molar-refractivity contribution >= 4 is 17.7 Å². The van der Waals surface area contributed by atoms with Gasteiger partial charge in [0, 0.05) is 24.5 Å². The van der Waals surface area contributed by atoms with Crippen LogP contribution in [-0.2, 0) is 6.54 Å². The molecule has 24 heavy (non-hydrogen) atoms. The minimum atomic E-state index is -0.238. The van der Waals surface area contributed by atoms with Gasteiger partial charge in [-0.1, -0.05) is 17.7 Å². The number of nitrogens with one attached hydrogen (secondary N) is 2. The molecule has 0 bridgehead atoms. The number of carbonyl (C=O) groups is 1. The summed E-state index contributed by atoms with van der Waals surface area (Å²) in [6, 6.07) is 9.37. The second-order valence-electron chi connectivity index (χ2n) is 6.17. The van der Waals surface area contributed by atoms with E-state index in [2.05, 4.69) is 25.5 Å². The molecule has 2 aromatic rings. The Morgan fingerprint density at radius 2 is 1.83 bits per heavy atom. The van der Waals surface area contributed by atoms with Gasteiger partial charge in [0.2, 0.25) is 5.95 Å². The lowest BCUT2D eigenvalue weighted by molar-refractivity contribution is 0.251. The van der Waals surface area contributed by atoms with Crippen LogP contribution in [0.15, 0.2) is 30.3 Å².